The van der Waals surface area contributed by atoms with Gasteiger partial charge < -0.3 is 9.47 Å². The first-order valence-electron chi connectivity index (χ1n) is 10.6. The summed E-state index contributed by atoms with van der Waals surface area (Å²) in [5.74, 6) is 0.901. The SMILES string of the molecule is CCOc1cc(/C=C(/C#N)c2ccc3ccccc3c2)cc(Cl)c1OCc1ccc(Cl)cc1Cl. The molecule has 0 unspecified atom stereocenters. The first kappa shape index (κ1) is 24.0. The van der Waals surface area contributed by atoms with Crippen molar-refractivity contribution in [1.82, 2.24) is 0 Å². The van der Waals surface area contributed by atoms with E-state index in [0.717, 1.165) is 27.5 Å². The van der Waals surface area contributed by atoms with Crippen LogP contribution in [0.15, 0.2) is 72.8 Å². The van der Waals surface area contributed by atoms with E-state index in [1.54, 1.807) is 30.3 Å². The molecular weight excluding hydrogens is 489 g/mol. The largest absolute Gasteiger partial charge is 0.490 e. The summed E-state index contributed by atoms with van der Waals surface area (Å²) in [6.45, 7) is 2.51. The summed E-state index contributed by atoms with van der Waals surface area (Å²) in [4.78, 5) is 0. The van der Waals surface area contributed by atoms with Crippen LogP contribution in [0.4, 0.5) is 0 Å². The summed E-state index contributed by atoms with van der Waals surface area (Å²) in [5.41, 5.74) is 2.85. The van der Waals surface area contributed by atoms with Gasteiger partial charge in [-0.1, -0.05) is 77.3 Å². The van der Waals surface area contributed by atoms with Gasteiger partial charge in [-0.2, -0.15) is 5.26 Å². The summed E-state index contributed by atoms with van der Waals surface area (Å²) in [7, 11) is 0. The van der Waals surface area contributed by atoms with Crippen molar-refractivity contribution < 1.29 is 9.47 Å². The molecule has 0 amide bonds. The summed E-state index contributed by atoms with van der Waals surface area (Å²) in [6, 6.07) is 25.1. The van der Waals surface area contributed by atoms with Crippen LogP contribution in [0.2, 0.25) is 15.1 Å². The van der Waals surface area contributed by atoms with Crippen LogP contribution in [0, 0.1) is 11.3 Å². The van der Waals surface area contributed by atoms with Crippen molar-refractivity contribution >= 4 is 57.2 Å². The smallest absolute Gasteiger partial charge is 0.180 e. The maximum Gasteiger partial charge on any atom is 0.180 e. The average molecular weight is 509 g/mol. The number of halogens is 3. The zero-order valence-electron chi connectivity index (χ0n) is 18.3. The van der Waals surface area contributed by atoms with E-state index >= 15 is 0 Å². The van der Waals surface area contributed by atoms with Gasteiger partial charge in [0, 0.05) is 15.6 Å². The van der Waals surface area contributed by atoms with Crippen LogP contribution in [-0.2, 0) is 6.61 Å². The highest BCUT2D eigenvalue weighted by molar-refractivity contribution is 6.35. The van der Waals surface area contributed by atoms with Gasteiger partial charge >= 0.3 is 0 Å². The zero-order valence-corrected chi connectivity index (χ0v) is 20.6. The van der Waals surface area contributed by atoms with E-state index in [2.05, 4.69) is 6.07 Å². The van der Waals surface area contributed by atoms with Gasteiger partial charge in [-0.05, 0) is 65.2 Å². The summed E-state index contributed by atoms with van der Waals surface area (Å²) >= 11 is 18.8. The molecule has 4 aromatic carbocycles. The molecule has 0 aliphatic rings. The quantitative estimate of drug-likeness (QED) is 0.185. The molecule has 0 fully saturated rings. The molecule has 0 heterocycles. The Morgan fingerprint density at radius 1 is 0.882 bits per heavy atom. The normalized spacial score (nSPS) is 11.3. The van der Waals surface area contributed by atoms with E-state index < -0.39 is 0 Å². The number of benzene rings is 4. The van der Waals surface area contributed by atoms with Gasteiger partial charge in [0.2, 0.25) is 0 Å². The number of hydrogen-bond donors (Lipinski definition) is 0. The van der Waals surface area contributed by atoms with Crippen molar-refractivity contribution in [2.75, 3.05) is 6.61 Å². The molecule has 0 N–H and O–H groups in total. The number of ether oxygens (including phenoxy) is 2. The van der Waals surface area contributed by atoms with Crippen LogP contribution in [0.1, 0.15) is 23.6 Å². The molecule has 0 aliphatic heterocycles. The first-order chi connectivity index (χ1) is 16.5. The summed E-state index contributed by atoms with van der Waals surface area (Å²) in [6.07, 6.45) is 1.79. The van der Waals surface area contributed by atoms with Gasteiger partial charge in [0.25, 0.3) is 0 Å². The van der Waals surface area contributed by atoms with Crippen molar-refractivity contribution in [2.24, 2.45) is 0 Å². The van der Waals surface area contributed by atoms with E-state index in [1.165, 1.54) is 0 Å². The van der Waals surface area contributed by atoms with Crippen LogP contribution >= 0.6 is 34.8 Å². The second-order valence-electron chi connectivity index (χ2n) is 7.52. The number of hydrogen-bond acceptors (Lipinski definition) is 3. The molecule has 0 bridgehead atoms. The fourth-order valence-electron chi connectivity index (χ4n) is 3.57. The molecule has 0 radical (unpaired) electrons. The van der Waals surface area contributed by atoms with Gasteiger partial charge in [0.05, 0.1) is 23.3 Å². The Bertz CT molecular complexity index is 1420. The number of fused-ring (bicyclic) bond motifs is 1. The van der Waals surface area contributed by atoms with Gasteiger partial charge in [-0.25, -0.2) is 0 Å². The standard InChI is InChI=1S/C28H20Cl3NO2/c1-2-33-27-13-18(11-23(16-32)21-8-7-19-5-3-4-6-20(19)14-21)12-26(31)28(27)34-17-22-9-10-24(29)15-25(22)30/h3-15H,2,17H2,1H3/b23-11-. The first-order valence-corrected chi connectivity index (χ1v) is 11.8. The molecule has 34 heavy (non-hydrogen) atoms. The van der Waals surface area contributed by atoms with Crippen LogP contribution in [0.3, 0.4) is 0 Å². The highest BCUT2D eigenvalue weighted by Crippen LogP contribution is 2.39. The minimum absolute atomic E-state index is 0.200. The molecule has 4 aromatic rings. The van der Waals surface area contributed by atoms with Gasteiger partial charge in [0.1, 0.15) is 6.61 Å². The van der Waals surface area contributed by atoms with Gasteiger partial charge in [-0.15, -0.1) is 0 Å². The predicted molar refractivity (Wildman–Crippen MR) is 141 cm³/mol. The van der Waals surface area contributed by atoms with Crippen LogP contribution in [-0.4, -0.2) is 6.61 Å². The van der Waals surface area contributed by atoms with Crippen molar-refractivity contribution in [1.29, 1.82) is 5.26 Å². The molecule has 0 aliphatic carbocycles. The Balaban J connectivity index is 1.66. The molecule has 0 atom stereocenters. The third-order valence-corrected chi connectivity index (χ3v) is 6.08. The van der Waals surface area contributed by atoms with Crippen molar-refractivity contribution in [2.45, 2.75) is 13.5 Å². The van der Waals surface area contributed by atoms with Crippen LogP contribution < -0.4 is 9.47 Å². The lowest BCUT2D eigenvalue weighted by Crippen LogP contribution is -2.01. The Labute approximate surface area is 213 Å². The number of rotatable bonds is 7. The third-order valence-electron chi connectivity index (χ3n) is 5.21. The summed E-state index contributed by atoms with van der Waals surface area (Å²) in [5, 5.41) is 13.5. The van der Waals surface area contributed by atoms with E-state index in [1.807, 2.05) is 55.5 Å². The Morgan fingerprint density at radius 3 is 2.41 bits per heavy atom. The molecule has 170 valence electrons. The second-order valence-corrected chi connectivity index (χ2v) is 8.77. The van der Waals surface area contributed by atoms with Crippen LogP contribution in [0.5, 0.6) is 11.5 Å². The van der Waals surface area contributed by atoms with E-state index in [-0.39, 0.29) is 6.61 Å². The summed E-state index contributed by atoms with van der Waals surface area (Å²) < 4.78 is 11.8. The molecule has 3 nitrogen and oxygen atoms in total. The second kappa shape index (κ2) is 10.8. The monoisotopic (exact) mass is 507 g/mol. The van der Waals surface area contributed by atoms with E-state index in [9.17, 15) is 5.26 Å². The Morgan fingerprint density at radius 2 is 1.68 bits per heavy atom. The Kier molecular flexibility index (Phi) is 7.65. The van der Waals surface area contributed by atoms with E-state index in [4.69, 9.17) is 44.3 Å². The lowest BCUT2D eigenvalue weighted by Gasteiger charge is -2.15. The molecule has 0 aromatic heterocycles. The van der Waals surface area contributed by atoms with Crippen LogP contribution in [0.25, 0.3) is 22.4 Å². The highest BCUT2D eigenvalue weighted by Gasteiger charge is 2.14. The minimum atomic E-state index is 0.200. The molecule has 4 rings (SSSR count). The maximum absolute atomic E-state index is 9.84. The van der Waals surface area contributed by atoms with E-state index in [0.29, 0.717) is 38.7 Å². The minimum Gasteiger partial charge on any atom is -0.490 e. The van der Waals surface area contributed by atoms with Gasteiger partial charge in [0.15, 0.2) is 11.5 Å². The van der Waals surface area contributed by atoms with Gasteiger partial charge in [-0.3, -0.25) is 0 Å². The Hall–Kier alpha value is -3.16. The van der Waals surface area contributed by atoms with Crippen molar-refractivity contribution in [3.05, 3.63) is 105 Å². The molecular formula is C28H20Cl3NO2. The van der Waals surface area contributed by atoms with Crippen molar-refractivity contribution in [3.8, 4) is 17.6 Å². The third kappa shape index (κ3) is 5.48. The predicted octanol–water partition coefficient (Wildman–Crippen LogP) is 8.84. The maximum atomic E-state index is 9.84. The highest BCUT2D eigenvalue weighted by atomic mass is 35.5. The lowest BCUT2D eigenvalue weighted by molar-refractivity contribution is 0.269. The topological polar surface area (TPSA) is 42.2 Å². The molecule has 6 heteroatoms. The molecule has 0 saturated heterocycles. The zero-order chi connectivity index (χ0) is 24.1. The number of allylic oxidation sites excluding steroid dienone is 1. The fraction of sp³-hybridized carbons (Fsp3) is 0.107. The average Bonchev–Trinajstić information content (AvgIpc) is 2.83. The molecule has 0 spiro atoms. The molecule has 0 saturated carbocycles. The lowest BCUT2D eigenvalue weighted by atomic mass is 10.00. The number of nitrogens with zero attached hydrogens (tertiary/aromatic N) is 1. The fourth-order valence-corrected chi connectivity index (χ4v) is 4.30. The van der Waals surface area contributed by atoms with Crippen molar-refractivity contribution in [3.63, 3.8) is 0 Å². The number of nitriles is 1.